The van der Waals surface area contributed by atoms with Gasteiger partial charge in [-0.05, 0) is 13.0 Å². The van der Waals surface area contributed by atoms with E-state index in [0.29, 0.717) is 5.92 Å². The minimum absolute atomic E-state index is 0.253. The Balaban J connectivity index is 3.70. The quantitative estimate of drug-likeness (QED) is 0.605. The molecule has 0 aromatic carbocycles. The SMILES string of the molecule is CCC(CC)[C@@H](CO)NC. The summed E-state index contributed by atoms with van der Waals surface area (Å²) >= 11 is 0. The van der Waals surface area contributed by atoms with Crippen molar-refractivity contribution >= 4 is 0 Å². The molecule has 0 saturated carbocycles. The Morgan fingerprint density at radius 2 is 1.80 bits per heavy atom. The lowest BCUT2D eigenvalue weighted by Gasteiger charge is -2.22. The second-order valence-corrected chi connectivity index (χ2v) is 2.65. The van der Waals surface area contributed by atoms with Crippen LogP contribution >= 0.6 is 0 Å². The van der Waals surface area contributed by atoms with Crippen LogP contribution in [0.25, 0.3) is 0 Å². The van der Waals surface area contributed by atoms with Crippen LogP contribution in [0.15, 0.2) is 0 Å². The van der Waals surface area contributed by atoms with Gasteiger partial charge in [0.1, 0.15) is 0 Å². The van der Waals surface area contributed by atoms with Crippen molar-refractivity contribution in [3.05, 3.63) is 0 Å². The molecular weight excluding hydrogens is 126 g/mol. The van der Waals surface area contributed by atoms with E-state index in [1.807, 2.05) is 7.05 Å². The topological polar surface area (TPSA) is 32.3 Å². The van der Waals surface area contributed by atoms with Gasteiger partial charge in [-0.15, -0.1) is 0 Å². The second kappa shape index (κ2) is 5.69. The van der Waals surface area contributed by atoms with E-state index in [4.69, 9.17) is 5.11 Å². The van der Waals surface area contributed by atoms with Gasteiger partial charge in [-0.1, -0.05) is 26.7 Å². The van der Waals surface area contributed by atoms with Gasteiger partial charge in [0.25, 0.3) is 0 Å². The highest BCUT2D eigenvalue weighted by molar-refractivity contribution is 4.71. The zero-order valence-electron chi connectivity index (χ0n) is 7.22. The summed E-state index contributed by atoms with van der Waals surface area (Å²) in [5.41, 5.74) is 0. The molecule has 0 amide bonds. The minimum atomic E-state index is 0.253. The summed E-state index contributed by atoms with van der Waals surface area (Å²) in [6.45, 7) is 4.57. The molecule has 2 N–H and O–H groups in total. The van der Waals surface area contributed by atoms with Gasteiger partial charge < -0.3 is 10.4 Å². The lowest BCUT2D eigenvalue weighted by Crippen LogP contribution is -2.36. The smallest absolute Gasteiger partial charge is 0.0587 e. The molecule has 1 atom stereocenters. The van der Waals surface area contributed by atoms with Crippen LogP contribution in [0.1, 0.15) is 26.7 Å². The van der Waals surface area contributed by atoms with Crippen LogP contribution < -0.4 is 5.32 Å². The van der Waals surface area contributed by atoms with Crippen molar-refractivity contribution in [2.75, 3.05) is 13.7 Å². The first-order chi connectivity index (χ1) is 4.79. The second-order valence-electron chi connectivity index (χ2n) is 2.65. The molecule has 0 fully saturated rings. The summed E-state index contributed by atoms with van der Waals surface area (Å²) in [4.78, 5) is 0. The highest BCUT2D eigenvalue weighted by Crippen LogP contribution is 2.11. The molecule has 0 rings (SSSR count). The first-order valence-corrected chi connectivity index (χ1v) is 4.08. The first kappa shape index (κ1) is 9.92. The number of nitrogens with one attached hydrogen (secondary N) is 1. The van der Waals surface area contributed by atoms with E-state index in [-0.39, 0.29) is 12.6 Å². The minimum Gasteiger partial charge on any atom is -0.395 e. The first-order valence-electron chi connectivity index (χ1n) is 4.08. The summed E-state index contributed by atoms with van der Waals surface area (Å²) in [5.74, 6) is 0.620. The van der Waals surface area contributed by atoms with Crippen LogP contribution in [0.4, 0.5) is 0 Å². The van der Waals surface area contributed by atoms with Crippen molar-refractivity contribution in [2.45, 2.75) is 32.7 Å². The molecular formula is C8H19NO. The van der Waals surface area contributed by atoms with E-state index in [1.54, 1.807) is 0 Å². The Labute approximate surface area is 63.6 Å². The molecule has 0 aliphatic heterocycles. The van der Waals surface area contributed by atoms with Crippen LogP contribution in [-0.4, -0.2) is 24.8 Å². The summed E-state index contributed by atoms with van der Waals surface area (Å²) in [6, 6.07) is 0.287. The Morgan fingerprint density at radius 3 is 1.90 bits per heavy atom. The molecule has 0 aromatic heterocycles. The largest absolute Gasteiger partial charge is 0.395 e. The van der Waals surface area contributed by atoms with E-state index in [1.165, 1.54) is 0 Å². The molecule has 0 spiro atoms. The maximum atomic E-state index is 8.90. The fourth-order valence-corrected chi connectivity index (χ4v) is 1.33. The molecule has 2 nitrogen and oxygen atoms in total. The van der Waals surface area contributed by atoms with Crippen LogP contribution in [0.5, 0.6) is 0 Å². The molecule has 10 heavy (non-hydrogen) atoms. The van der Waals surface area contributed by atoms with Crippen molar-refractivity contribution in [2.24, 2.45) is 5.92 Å². The molecule has 0 heterocycles. The number of hydrogen-bond donors (Lipinski definition) is 2. The van der Waals surface area contributed by atoms with Gasteiger partial charge in [0.05, 0.1) is 6.61 Å². The zero-order chi connectivity index (χ0) is 7.98. The van der Waals surface area contributed by atoms with Gasteiger partial charge >= 0.3 is 0 Å². The molecule has 0 aromatic rings. The maximum Gasteiger partial charge on any atom is 0.0587 e. The van der Waals surface area contributed by atoms with E-state index in [2.05, 4.69) is 19.2 Å². The number of hydrogen-bond acceptors (Lipinski definition) is 2. The maximum absolute atomic E-state index is 8.90. The van der Waals surface area contributed by atoms with Gasteiger partial charge in [0, 0.05) is 6.04 Å². The fraction of sp³-hybridized carbons (Fsp3) is 1.00. The zero-order valence-corrected chi connectivity index (χ0v) is 7.22. The fourth-order valence-electron chi connectivity index (χ4n) is 1.33. The monoisotopic (exact) mass is 145 g/mol. The third-order valence-corrected chi connectivity index (χ3v) is 2.19. The average molecular weight is 145 g/mol. The van der Waals surface area contributed by atoms with Gasteiger partial charge in [0.15, 0.2) is 0 Å². The molecule has 2 heteroatoms. The van der Waals surface area contributed by atoms with Crippen LogP contribution in [0.3, 0.4) is 0 Å². The Kier molecular flexibility index (Phi) is 5.64. The Morgan fingerprint density at radius 1 is 1.30 bits per heavy atom. The third-order valence-electron chi connectivity index (χ3n) is 2.19. The van der Waals surface area contributed by atoms with Crippen molar-refractivity contribution < 1.29 is 5.11 Å². The molecule has 0 bridgehead atoms. The summed E-state index contributed by atoms with van der Waals surface area (Å²) in [7, 11) is 1.90. The van der Waals surface area contributed by atoms with Crippen LogP contribution in [0.2, 0.25) is 0 Å². The number of likely N-dealkylation sites (N-methyl/N-ethyl adjacent to an activating group) is 1. The van der Waals surface area contributed by atoms with Crippen molar-refractivity contribution in [1.29, 1.82) is 0 Å². The number of aliphatic hydroxyl groups excluding tert-OH is 1. The van der Waals surface area contributed by atoms with Crippen LogP contribution in [0, 0.1) is 5.92 Å². The predicted molar refractivity (Wildman–Crippen MR) is 44.0 cm³/mol. The van der Waals surface area contributed by atoms with E-state index >= 15 is 0 Å². The van der Waals surface area contributed by atoms with Crippen LogP contribution in [-0.2, 0) is 0 Å². The van der Waals surface area contributed by atoms with E-state index in [9.17, 15) is 0 Å². The third kappa shape index (κ3) is 2.67. The standard InChI is InChI=1S/C8H19NO/c1-4-7(5-2)8(6-10)9-3/h7-10H,4-6H2,1-3H3/t8-/m1/s1. The molecule has 0 unspecified atom stereocenters. The summed E-state index contributed by atoms with van der Waals surface area (Å²) < 4.78 is 0. The molecule has 0 aliphatic carbocycles. The van der Waals surface area contributed by atoms with Gasteiger partial charge in [-0.2, -0.15) is 0 Å². The van der Waals surface area contributed by atoms with Gasteiger partial charge in [-0.3, -0.25) is 0 Å². The number of rotatable bonds is 5. The highest BCUT2D eigenvalue weighted by atomic mass is 16.3. The van der Waals surface area contributed by atoms with E-state index in [0.717, 1.165) is 12.8 Å². The lowest BCUT2D eigenvalue weighted by atomic mass is 9.95. The lowest BCUT2D eigenvalue weighted by molar-refractivity contribution is 0.199. The summed E-state index contributed by atoms with van der Waals surface area (Å²) in [5, 5.41) is 12.0. The summed E-state index contributed by atoms with van der Waals surface area (Å²) in [6.07, 6.45) is 2.28. The normalized spacial score (nSPS) is 14.1. The number of aliphatic hydroxyl groups is 1. The van der Waals surface area contributed by atoms with Crippen molar-refractivity contribution in [3.8, 4) is 0 Å². The van der Waals surface area contributed by atoms with E-state index < -0.39 is 0 Å². The Hall–Kier alpha value is -0.0800. The molecule has 0 radical (unpaired) electrons. The van der Waals surface area contributed by atoms with Gasteiger partial charge in [-0.25, -0.2) is 0 Å². The highest BCUT2D eigenvalue weighted by Gasteiger charge is 2.14. The molecule has 62 valence electrons. The molecule has 0 aliphatic rings. The van der Waals surface area contributed by atoms with Crippen molar-refractivity contribution in [3.63, 3.8) is 0 Å². The predicted octanol–water partition coefficient (Wildman–Crippen LogP) is 1.00. The van der Waals surface area contributed by atoms with Crippen molar-refractivity contribution in [1.82, 2.24) is 5.32 Å². The van der Waals surface area contributed by atoms with Gasteiger partial charge in [0.2, 0.25) is 0 Å². The average Bonchev–Trinajstić information content (AvgIpc) is 2.00. The molecule has 0 saturated heterocycles. The Bertz CT molecular complexity index is 57.7.